The number of rotatable bonds is 2. The molecule has 2 aliphatic rings. The molecule has 1 aromatic rings. The van der Waals surface area contributed by atoms with Crippen LogP contribution in [0, 0.1) is 12.8 Å². The summed E-state index contributed by atoms with van der Waals surface area (Å²) in [6.45, 7) is 4.57. The summed E-state index contributed by atoms with van der Waals surface area (Å²) >= 11 is 0. The van der Waals surface area contributed by atoms with Gasteiger partial charge in [0.05, 0.1) is 11.5 Å². The zero-order valence-corrected chi connectivity index (χ0v) is 14.8. The molecule has 2 N–H and O–H groups in total. The molecule has 3 amide bonds. The lowest BCUT2D eigenvalue weighted by Crippen LogP contribution is -2.41. The van der Waals surface area contributed by atoms with Gasteiger partial charge in [0.2, 0.25) is 11.8 Å². The minimum absolute atomic E-state index is 0.114. The van der Waals surface area contributed by atoms with Crippen LogP contribution in [-0.4, -0.2) is 53.7 Å². The summed E-state index contributed by atoms with van der Waals surface area (Å²) in [7, 11) is 0. The fraction of sp³-hybridized carbons (Fsp3) is 0.611. The van der Waals surface area contributed by atoms with E-state index in [1.807, 2.05) is 6.92 Å². The second-order valence-corrected chi connectivity index (χ2v) is 6.96. The van der Waals surface area contributed by atoms with Gasteiger partial charge in [-0.05, 0) is 26.2 Å². The first-order chi connectivity index (χ1) is 11.9. The minimum Gasteiger partial charge on any atom is -0.465 e. The first-order valence-corrected chi connectivity index (χ1v) is 8.83. The lowest BCUT2D eigenvalue weighted by molar-refractivity contribution is -0.130. The molecule has 2 heterocycles. The molecule has 7 heteroatoms. The van der Waals surface area contributed by atoms with Crippen molar-refractivity contribution in [2.75, 3.05) is 26.2 Å². The summed E-state index contributed by atoms with van der Waals surface area (Å²) in [5, 5.41) is 0. The number of primary amides is 1. The van der Waals surface area contributed by atoms with Crippen LogP contribution in [0.5, 0.6) is 0 Å². The summed E-state index contributed by atoms with van der Waals surface area (Å²) in [4.78, 5) is 39.9. The van der Waals surface area contributed by atoms with Gasteiger partial charge in [0.1, 0.15) is 11.5 Å². The topological polar surface area (TPSA) is 96.8 Å². The number of fused-ring (bicyclic) bond motifs is 1. The van der Waals surface area contributed by atoms with Crippen molar-refractivity contribution in [1.29, 1.82) is 0 Å². The number of carbonyl (C=O) groups excluding carboxylic acids is 3. The number of amides is 3. The van der Waals surface area contributed by atoms with Crippen molar-refractivity contribution in [3.8, 4) is 0 Å². The zero-order valence-electron chi connectivity index (χ0n) is 14.8. The summed E-state index contributed by atoms with van der Waals surface area (Å²) in [6, 6.07) is 0. The molecule has 0 bridgehead atoms. The van der Waals surface area contributed by atoms with E-state index >= 15 is 0 Å². The highest BCUT2D eigenvalue weighted by atomic mass is 16.3. The molecule has 7 nitrogen and oxygen atoms in total. The second kappa shape index (κ2) is 6.90. The Hall–Kier alpha value is -2.31. The predicted molar refractivity (Wildman–Crippen MR) is 90.9 cm³/mol. The maximum Gasteiger partial charge on any atom is 0.257 e. The molecule has 0 aromatic carbocycles. The van der Waals surface area contributed by atoms with Crippen LogP contribution in [0.2, 0.25) is 0 Å². The van der Waals surface area contributed by atoms with Crippen LogP contribution in [0.15, 0.2) is 4.42 Å². The molecule has 25 heavy (non-hydrogen) atoms. The van der Waals surface area contributed by atoms with Crippen LogP contribution >= 0.6 is 0 Å². The Labute approximate surface area is 147 Å². The predicted octanol–water partition coefficient (Wildman–Crippen LogP) is 0.873. The average Bonchev–Trinajstić information content (AvgIpc) is 2.75. The zero-order chi connectivity index (χ0) is 18.1. The van der Waals surface area contributed by atoms with Crippen molar-refractivity contribution >= 4 is 17.7 Å². The van der Waals surface area contributed by atoms with Crippen LogP contribution in [-0.2, 0) is 22.4 Å². The Morgan fingerprint density at radius 3 is 2.40 bits per heavy atom. The Balaban J connectivity index is 1.87. The maximum atomic E-state index is 13.2. The van der Waals surface area contributed by atoms with Gasteiger partial charge in [-0.15, -0.1) is 0 Å². The van der Waals surface area contributed by atoms with E-state index in [9.17, 15) is 14.4 Å². The molecule has 1 fully saturated rings. The summed E-state index contributed by atoms with van der Waals surface area (Å²) in [6.07, 6.45) is 3.84. The molecular weight excluding hydrogens is 322 g/mol. The first-order valence-electron chi connectivity index (χ1n) is 8.83. The van der Waals surface area contributed by atoms with Crippen LogP contribution in [0.25, 0.3) is 0 Å². The van der Waals surface area contributed by atoms with Crippen LogP contribution in [0.1, 0.15) is 47.2 Å². The molecule has 3 rings (SSSR count). The molecule has 136 valence electrons. The van der Waals surface area contributed by atoms with Crippen LogP contribution in [0.4, 0.5) is 0 Å². The molecule has 0 radical (unpaired) electrons. The minimum atomic E-state index is -0.557. The monoisotopic (exact) mass is 347 g/mol. The number of aryl methyl sites for hydroxylation is 2. The molecule has 1 atom stereocenters. The van der Waals surface area contributed by atoms with E-state index in [4.69, 9.17) is 10.2 Å². The van der Waals surface area contributed by atoms with Gasteiger partial charge in [-0.3, -0.25) is 14.4 Å². The van der Waals surface area contributed by atoms with E-state index in [1.54, 1.807) is 9.80 Å². The van der Waals surface area contributed by atoms with Gasteiger partial charge in [0, 0.05) is 45.1 Å². The lowest BCUT2D eigenvalue weighted by atomic mass is 9.94. The number of hydrogen-bond acceptors (Lipinski definition) is 4. The molecular formula is C18H25N3O4. The van der Waals surface area contributed by atoms with E-state index < -0.39 is 11.8 Å². The van der Waals surface area contributed by atoms with E-state index in [-0.39, 0.29) is 24.9 Å². The molecule has 1 aliphatic carbocycles. The van der Waals surface area contributed by atoms with Crippen LogP contribution in [0.3, 0.4) is 0 Å². The number of furan rings is 1. The third-order valence-corrected chi connectivity index (χ3v) is 5.22. The Kier molecular flexibility index (Phi) is 4.83. The van der Waals surface area contributed by atoms with Crippen molar-refractivity contribution in [2.45, 2.75) is 39.5 Å². The van der Waals surface area contributed by atoms with E-state index in [1.165, 1.54) is 6.92 Å². The summed E-state index contributed by atoms with van der Waals surface area (Å²) < 4.78 is 5.81. The Bertz CT molecular complexity index is 709. The maximum absolute atomic E-state index is 13.2. The van der Waals surface area contributed by atoms with Gasteiger partial charge in [-0.2, -0.15) is 0 Å². The van der Waals surface area contributed by atoms with Crippen molar-refractivity contribution in [2.24, 2.45) is 11.7 Å². The number of carbonyl (C=O) groups is 3. The molecule has 0 saturated carbocycles. The van der Waals surface area contributed by atoms with Crippen molar-refractivity contribution in [1.82, 2.24) is 9.80 Å². The quantitative estimate of drug-likeness (QED) is 0.858. The number of nitrogens with two attached hydrogens (primary N) is 1. The third kappa shape index (κ3) is 3.41. The van der Waals surface area contributed by atoms with E-state index in [2.05, 4.69) is 0 Å². The highest BCUT2D eigenvalue weighted by Crippen LogP contribution is 2.30. The SMILES string of the molecule is CC(=O)N1CCN(C(=O)c2c(C)oc3c2CCCC3)CC(C(N)=O)C1. The van der Waals surface area contributed by atoms with Gasteiger partial charge < -0.3 is 20.0 Å². The number of hydrogen-bond donors (Lipinski definition) is 1. The van der Waals surface area contributed by atoms with Crippen LogP contribution < -0.4 is 5.73 Å². The van der Waals surface area contributed by atoms with Gasteiger partial charge in [-0.1, -0.05) is 0 Å². The largest absolute Gasteiger partial charge is 0.465 e. The molecule has 1 unspecified atom stereocenters. The highest BCUT2D eigenvalue weighted by Gasteiger charge is 2.33. The second-order valence-electron chi connectivity index (χ2n) is 6.96. The lowest BCUT2D eigenvalue weighted by Gasteiger charge is -2.23. The Morgan fingerprint density at radius 2 is 1.72 bits per heavy atom. The van der Waals surface area contributed by atoms with Gasteiger partial charge >= 0.3 is 0 Å². The number of nitrogens with zero attached hydrogens (tertiary/aromatic N) is 2. The average molecular weight is 347 g/mol. The van der Waals surface area contributed by atoms with Gasteiger partial charge in [-0.25, -0.2) is 0 Å². The first kappa shape index (κ1) is 17.5. The highest BCUT2D eigenvalue weighted by molar-refractivity contribution is 5.97. The third-order valence-electron chi connectivity index (χ3n) is 5.22. The van der Waals surface area contributed by atoms with Crippen molar-refractivity contribution < 1.29 is 18.8 Å². The standard InChI is InChI=1S/C18H25N3O4/c1-11-16(14-5-3-4-6-15(14)25-11)18(24)21-8-7-20(12(2)22)9-13(10-21)17(19)23/h13H,3-10H2,1-2H3,(H2,19,23). The summed E-state index contributed by atoms with van der Waals surface area (Å²) in [5.74, 6) is 0.271. The Morgan fingerprint density at radius 1 is 1.08 bits per heavy atom. The van der Waals surface area contributed by atoms with E-state index in [0.717, 1.165) is 37.0 Å². The molecule has 1 aromatic heterocycles. The van der Waals surface area contributed by atoms with Crippen molar-refractivity contribution in [3.05, 3.63) is 22.6 Å². The van der Waals surface area contributed by atoms with Crippen molar-refractivity contribution in [3.63, 3.8) is 0 Å². The van der Waals surface area contributed by atoms with Gasteiger partial charge in [0.15, 0.2) is 0 Å². The molecule has 1 aliphatic heterocycles. The van der Waals surface area contributed by atoms with E-state index in [0.29, 0.717) is 24.4 Å². The summed E-state index contributed by atoms with van der Waals surface area (Å²) in [5.41, 5.74) is 7.13. The fourth-order valence-electron chi connectivity index (χ4n) is 3.80. The normalized spacial score (nSPS) is 20.8. The van der Waals surface area contributed by atoms with Gasteiger partial charge in [0.25, 0.3) is 5.91 Å². The fourth-order valence-corrected chi connectivity index (χ4v) is 3.80. The molecule has 1 saturated heterocycles. The smallest absolute Gasteiger partial charge is 0.257 e. The molecule has 0 spiro atoms.